The number of rotatable bonds is 2. The predicted molar refractivity (Wildman–Crippen MR) is 59.9 cm³/mol. The lowest BCUT2D eigenvalue weighted by Crippen LogP contribution is -2.18. The molecule has 2 aromatic rings. The van der Waals surface area contributed by atoms with Gasteiger partial charge in [0.1, 0.15) is 0 Å². The van der Waals surface area contributed by atoms with Crippen LogP contribution >= 0.6 is 0 Å². The van der Waals surface area contributed by atoms with Gasteiger partial charge in [0.25, 0.3) is 5.56 Å². The lowest BCUT2D eigenvalue weighted by Gasteiger charge is -2.02. The van der Waals surface area contributed by atoms with Crippen molar-refractivity contribution >= 4 is 16.9 Å². The lowest BCUT2D eigenvalue weighted by atomic mass is 10.1. The minimum absolute atomic E-state index is 0.0215. The molecule has 0 spiro atoms. The van der Waals surface area contributed by atoms with Gasteiger partial charge in [0.2, 0.25) is 0 Å². The van der Waals surface area contributed by atoms with E-state index in [0.717, 1.165) is 0 Å². The maximum atomic E-state index is 11.9. The largest absolute Gasteiger partial charge is 0.478 e. The Bertz CT molecular complexity index is 607. The van der Waals surface area contributed by atoms with Crippen LogP contribution in [0.4, 0.5) is 0 Å². The van der Waals surface area contributed by atoms with Crippen molar-refractivity contribution in [2.45, 2.75) is 19.9 Å². The molecule has 84 valence electrons. The van der Waals surface area contributed by atoms with Crippen LogP contribution in [0.3, 0.4) is 0 Å². The van der Waals surface area contributed by atoms with Crippen LogP contribution in [0.15, 0.2) is 23.0 Å². The Morgan fingerprint density at radius 3 is 2.69 bits per heavy atom. The fourth-order valence-electron chi connectivity index (χ4n) is 1.63. The molecule has 2 N–H and O–H groups in total. The minimum atomic E-state index is -1.03. The number of hydrogen-bond acceptors (Lipinski definition) is 2. The van der Waals surface area contributed by atoms with Crippen LogP contribution in [0.2, 0.25) is 0 Å². The summed E-state index contributed by atoms with van der Waals surface area (Å²) in [6.45, 7) is 3.77. The van der Waals surface area contributed by atoms with Gasteiger partial charge < -0.3 is 5.11 Å². The van der Waals surface area contributed by atoms with Crippen LogP contribution < -0.4 is 5.56 Å². The van der Waals surface area contributed by atoms with Crippen molar-refractivity contribution in [3.63, 3.8) is 0 Å². The summed E-state index contributed by atoms with van der Waals surface area (Å²) >= 11 is 0. The highest BCUT2D eigenvalue weighted by molar-refractivity contribution is 5.93. The molecule has 0 unspecified atom stereocenters. The van der Waals surface area contributed by atoms with Gasteiger partial charge in [-0.2, -0.15) is 0 Å². The van der Waals surface area contributed by atoms with Crippen molar-refractivity contribution in [3.8, 4) is 0 Å². The second-order valence-electron chi connectivity index (χ2n) is 3.95. The zero-order valence-electron chi connectivity index (χ0n) is 9.02. The number of carboxylic acids is 1. The van der Waals surface area contributed by atoms with Gasteiger partial charge in [-0.05, 0) is 32.0 Å². The van der Waals surface area contributed by atoms with Crippen LogP contribution in [0, 0.1) is 0 Å². The number of benzene rings is 1. The number of aromatic nitrogens is 2. The summed E-state index contributed by atoms with van der Waals surface area (Å²) < 4.78 is 1.48. The van der Waals surface area contributed by atoms with Crippen LogP contribution in [-0.4, -0.2) is 20.9 Å². The Morgan fingerprint density at radius 1 is 1.44 bits per heavy atom. The summed E-state index contributed by atoms with van der Waals surface area (Å²) in [6.07, 6.45) is 0. The fourth-order valence-corrected chi connectivity index (χ4v) is 1.63. The third-order valence-electron chi connectivity index (χ3n) is 2.47. The van der Waals surface area contributed by atoms with E-state index < -0.39 is 5.97 Å². The van der Waals surface area contributed by atoms with Crippen molar-refractivity contribution in [2.75, 3.05) is 0 Å². The number of aromatic carboxylic acids is 1. The van der Waals surface area contributed by atoms with E-state index in [1.165, 1.54) is 16.8 Å². The normalized spacial score (nSPS) is 11.2. The van der Waals surface area contributed by atoms with Crippen molar-refractivity contribution in [3.05, 3.63) is 34.1 Å². The average molecular weight is 220 g/mol. The zero-order valence-corrected chi connectivity index (χ0v) is 9.02. The van der Waals surface area contributed by atoms with Crippen LogP contribution in [0.25, 0.3) is 10.9 Å². The SMILES string of the molecule is CC(C)n1[nH]c2ccc(C(=O)O)cc2c1=O. The Balaban J connectivity index is 2.74. The minimum Gasteiger partial charge on any atom is -0.478 e. The number of fused-ring (bicyclic) bond motifs is 1. The number of H-pyrrole nitrogens is 1. The Labute approximate surface area is 91.3 Å². The predicted octanol–water partition coefficient (Wildman–Crippen LogP) is 1.61. The third-order valence-corrected chi connectivity index (χ3v) is 2.47. The number of hydrogen-bond donors (Lipinski definition) is 2. The van der Waals surface area contributed by atoms with Gasteiger partial charge in [0.15, 0.2) is 0 Å². The molecule has 0 saturated carbocycles. The number of carboxylic acid groups (broad SMARTS) is 1. The molecule has 0 bridgehead atoms. The molecule has 0 aliphatic rings. The molecule has 16 heavy (non-hydrogen) atoms. The van der Waals surface area contributed by atoms with E-state index in [4.69, 9.17) is 5.11 Å². The molecular formula is C11H12N2O3. The van der Waals surface area contributed by atoms with Gasteiger partial charge in [-0.1, -0.05) is 0 Å². The first-order valence-electron chi connectivity index (χ1n) is 4.98. The molecule has 0 radical (unpaired) electrons. The van der Waals surface area contributed by atoms with Crippen molar-refractivity contribution < 1.29 is 9.90 Å². The van der Waals surface area contributed by atoms with Crippen LogP contribution in [-0.2, 0) is 0 Å². The van der Waals surface area contributed by atoms with Crippen molar-refractivity contribution in [1.29, 1.82) is 0 Å². The van der Waals surface area contributed by atoms with Gasteiger partial charge in [-0.25, -0.2) is 9.48 Å². The Kier molecular flexibility index (Phi) is 2.30. The first-order valence-corrected chi connectivity index (χ1v) is 4.98. The molecule has 0 aliphatic carbocycles. The van der Waals surface area contributed by atoms with Gasteiger partial charge in [0, 0.05) is 6.04 Å². The van der Waals surface area contributed by atoms with E-state index in [-0.39, 0.29) is 17.2 Å². The average Bonchev–Trinajstić information content (AvgIpc) is 2.56. The van der Waals surface area contributed by atoms with E-state index in [0.29, 0.717) is 10.9 Å². The molecule has 0 atom stereocenters. The van der Waals surface area contributed by atoms with Crippen LogP contribution in [0.1, 0.15) is 30.2 Å². The van der Waals surface area contributed by atoms with E-state index in [9.17, 15) is 9.59 Å². The Hall–Kier alpha value is -2.04. The first kappa shape index (κ1) is 10.5. The lowest BCUT2D eigenvalue weighted by molar-refractivity contribution is 0.0697. The zero-order chi connectivity index (χ0) is 11.9. The molecule has 1 aromatic heterocycles. The number of nitrogens with one attached hydrogen (secondary N) is 1. The molecule has 5 heteroatoms. The van der Waals surface area contributed by atoms with E-state index >= 15 is 0 Å². The van der Waals surface area contributed by atoms with E-state index in [2.05, 4.69) is 5.10 Å². The maximum Gasteiger partial charge on any atom is 0.335 e. The van der Waals surface area contributed by atoms with Crippen molar-refractivity contribution in [1.82, 2.24) is 9.78 Å². The smallest absolute Gasteiger partial charge is 0.335 e. The maximum absolute atomic E-state index is 11.9. The van der Waals surface area contributed by atoms with E-state index in [1.54, 1.807) is 6.07 Å². The molecule has 0 aliphatic heterocycles. The van der Waals surface area contributed by atoms with Gasteiger partial charge in [0.05, 0.1) is 16.5 Å². The molecule has 0 amide bonds. The highest BCUT2D eigenvalue weighted by Gasteiger charge is 2.11. The molecule has 1 heterocycles. The standard InChI is InChI=1S/C11H12N2O3/c1-6(2)13-10(14)8-5-7(11(15)16)3-4-9(8)12-13/h3-6,12H,1-2H3,(H,15,16). The summed E-state index contributed by atoms with van der Waals surface area (Å²) in [7, 11) is 0. The molecule has 0 fully saturated rings. The molecule has 5 nitrogen and oxygen atoms in total. The summed E-state index contributed by atoms with van der Waals surface area (Å²) in [6, 6.07) is 4.51. The summed E-state index contributed by atoms with van der Waals surface area (Å²) in [5.41, 5.74) is 0.594. The Morgan fingerprint density at radius 2 is 2.12 bits per heavy atom. The van der Waals surface area contributed by atoms with Gasteiger partial charge >= 0.3 is 5.97 Å². The third kappa shape index (κ3) is 1.50. The number of nitrogens with zero attached hydrogens (tertiary/aromatic N) is 1. The number of aromatic amines is 1. The second-order valence-corrected chi connectivity index (χ2v) is 3.95. The van der Waals surface area contributed by atoms with E-state index in [1.807, 2.05) is 13.8 Å². The molecule has 2 rings (SSSR count). The quantitative estimate of drug-likeness (QED) is 0.807. The summed E-state index contributed by atoms with van der Waals surface area (Å²) in [5, 5.41) is 12.2. The first-order chi connectivity index (χ1) is 7.50. The fraction of sp³-hybridized carbons (Fsp3) is 0.273. The summed E-state index contributed by atoms with van der Waals surface area (Å²) in [4.78, 5) is 22.7. The highest BCUT2D eigenvalue weighted by Crippen LogP contribution is 2.12. The summed E-state index contributed by atoms with van der Waals surface area (Å²) in [5.74, 6) is -1.03. The highest BCUT2D eigenvalue weighted by atomic mass is 16.4. The monoisotopic (exact) mass is 220 g/mol. The van der Waals surface area contributed by atoms with Crippen molar-refractivity contribution in [2.24, 2.45) is 0 Å². The van der Waals surface area contributed by atoms with Gasteiger partial charge in [-0.15, -0.1) is 0 Å². The molecule has 1 aromatic carbocycles. The topological polar surface area (TPSA) is 75.1 Å². The second kappa shape index (κ2) is 3.52. The molecular weight excluding hydrogens is 208 g/mol. The van der Waals surface area contributed by atoms with Crippen LogP contribution in [0.5, 0.6) is 0 Å². The molecule has 0 saturated heterocycles. The number of carbonyl (C=O) groups is 1. The van der Waals surface area contributed by atoms with Gasteiger partial charge in [-0.3, -0.25) is 9.89 Å².